The van der Waals surface area contributed by atoms with Gasteiger partial charge in [-0.2, -0.15) is 0 Å². The number of anilines is 1. The molecule has 19 heavy (non-hydrogen) atoms. The molecule has 0 amide bonds. The van der Waals surface area contributed by atoms with Crippen LogP contribution in [0.25, 0.3) is 0 Å². The Bertz CT molecular complexity index is 549. The van der Waals surface area contributed by atoms with Crippen LogP contribution in [0.15, 0.2) is 34.7 Å². The lowest BCUT2D eigenvalue weighted by atomic mass is 10.1. The van der Waals surface area contributed by atoms with Crippen LogP contribution in [-0.4, -0.2) is 19.1 Å². The molecular weight excluding hydrogens is 240 g/mol. The van der Waals surface area contributed by atoms with E-state index in [-0.39, 0.29) is 0 Å². The predicted molar refractivity (Wildman–Crippen MR) is 76.0 cm³/mol. The molecule has 0 aliphatic carbocycles. The Morgan fingerprint density at radius 2 is 2.00 bits per heavy atom. The lowest BCUT2D eigenvalue weighted by Crippen LogP contribution is -2.17. The first-order chi connectivity index (χ1) is 9.08. The number of nitrogen functional groups attached to an aromatic ring is 1. The van der Waals surface area contributed by atoms with Gasteiger partial charge in [0.05, 0.1) is 13.7 Å². The average molecular weight is 260 g/mol. The molecule has 0 spiro atoms. The van der Waals surface area contributed by atoms with Crippen LogP contribution in [0, 0.1) is 6.92 Å². The maximum Gasteiger partial charge on any atom is 0.119 e. The third-order valence-electron chi connectivity index (χ3n) is 3.01. The second-order valence-electron chi connectivity index (χ2n) is 4.75. The molecule has 1 aromatic carbocycles. The van der Waals surface area contributed by atoms with Gasteiger partial charge in [-0.25, -0.2) is 0 Å². The van der Waals surface area contributed by atoms with Crippen molar-refractivity contribution in [2.75, 3.05) is 19.9 Å². The van der Waals surface area contributed by atoms with Gasteiger partial charge in [-0.15, -0.1) is 0 Å². The Morgan fingerprint density at radius 3 is 2.63 bits per heavy atom. The average Bonchev–Trinajstić information content (AvgIpc) is 2.77. The van der Waals surface area contributed by atoms with Crippen molar-refractivity contribution in [2.24, 2.45) is 0 Å². The van der Waals surface area contributed by atoms with Crippen molar-refractivity contribution >= 4 is 5.69 Å². The topological polar surface area (TPSA) is 51.6 Å². The van der Waals surface area contributed by atoms with Crippen molar-refractivity contribution in [3.05, 3.63) is 47.4 Å². The molecule has 0 fully saturated rings. The Morgan fingerprint density at radius 1 is 1.21 bits per heavy atom. The molecule has 0 aliphatic rings. The fourth-order valence-electron chi connectivity index (χ4n) is 2.03. The lowest BCUT2D eigenvalue weighted by molar-refractivity contribution is 0.285. The molecule has 2 N–H and O–H groups in total. The molecule has 4 heteroatoms. The van der Waals surface area contributed by atoms with Crippen molar-refractivity contribution in [3.63, 3.8) is 0 Å². The van der Waals surface area contributed by atoms with Gasteiger partial charge in [0.1, 0.15) is 17.3 Å². The minimum atomic E-state index is 0.753. The van der Waals surface area contributed by atoms with E-state index in [0.29, 0.717) is 0 Å². The molecule has 1 aromatic heterocycles. The van der Waals surface area contributed by atoms with E-state index >= 15 is 0 Å². The van der Waals surface area contributed by atoms with Gasteiger partial charge in [0.15, 0.2) is 0 Å². The standard InChI is InChI=1S/C15H20N2O2/c1-11-4-5-14(19-11)10-17(2)9-12-8-13(18-3)6-7-15(12)16/h4-8H,9-10,16H2,1-3H3. The zero-order valence-electron chi connectivity index (χ0n) is 11.6. The number of ether oxygens (including phenoxy) is 1. The van der Waals surface area contributed by atoms with E-state index < -0.39 is 0 Å². The number of hydrogen-bond donors (Lipinski definition) is 1. The Hall–Kier alpha value is -1.94. The fourth-order valence-corrected chi connectivity index (χ4v) is 2.03. The monoisotopic (exact) mass is 260 g/mol. The van der Waals surface area contributed by atoms with Crippen LogP contribution in [0.4, 0.5) is 5.69 Å². The lowest BCUT2D eigenvalue weighted by Gasteiger charge is -2.17. The van der Waals surface area contributed by atoms with Gasteiger partial charge in [-0.05, 0) is 49.9 Å². The zero-order valence-corrected chi connectivity index (χ0v) is 11.6. The molecule has 1 heterocycles. The SMILES string of the molecule is COc1ccc(N)c(CN(C)Cc2ccc(C)o2)c1. The van der Waals surface area contributed by atoms with Crippen molar-refractivity contribution < 1.29 is 9.15 Å². The van der Waals surface area contributed by atoms with Gasteiger partial charge in [-0.3, -0.25) is 4.90 Å². The van der Waals surface area contributed by atoms with E-state index in [1.54, 1.807) is 7.11 Å². The number of aryl methyl sites for hydroxylation is 1. The third kappa shape index (κ3) is 3.51. The van der Waals surface area contributed by atoms with Gasteiger partial charge in [0.25, 0.3) is 0 Å². The minimum absolute atomic E-state index is 0.753. The highest BCUT2D eigenvalue weighted by atomic mass is 16.5. The van der Waals surface area contributed by atoms with Gasteiger partial charge in [0.2, 0.25) is 0 Å². The summed E-state index contributed by atoms with van der Waals surface area (Å²) in [5, 5.41) is 0. The highest BCUT2D eigenvalue weighted by molar-refractivity contribution is 5.50. The highest BCUT2D eigenvalue weighted by Gasteiger charge is 2.08. The minimum Gasteiger partial charge on any atom is -0.497 e. The van der Waals surface area contributed by atoms with Crippen LogP contribution < -0.4 is 10.5 Å². The number of methoxy groups -OCH3 is 1. The molecule has 0 radical (unpaired) electrons. The molecular formula is C15H20N2O2. The normalized spacial score (nSPS) is 10.9. The number of benzene rings is 1. The van der Waals surface area contributed by atoms with Crippen LogP contribution in [0.5, 0.6) is 5.75 Å². The molecule has 0 aliphatic heterocycles. The molecule has 0 atom stereocenters. The second-order valence-corrected chi connectivity index (χ2v) is 4.75. The number of nitrogens with two attached hydrogens (primary N) is 1. The van der Waals surface area contributed by atoms with Gasteiger partial charge < -0.3 is 14.9 Å². The van der Waals surface area contributed by atoms with E-state index in [4.69, 9.17) is 14.9 Å². The van der Waals surface area contributed by atoms with Crippen LogP contribution in [0.1, 0.15) is 17.1 Å². The number of hydrogen-bond acceptors (Lipinski definition) is 4. The summed E-state index contributed by atoms with van der Waals surface area (Å²) in [7, 11) is 3.70. The van der Waals surface area contributed by atoms with E-state index in [1.807, 2.05) is 44.3 Å². The van der Waals surface area contributed by atoms with Gasteiger partial charge >= 0.3 is 0 Å². The largest absolute Gasteiger partial charge is 0.497 e. The first kappa shape index (κ1) is 13.5. The van der Waals surface area contributed by atoms with Crippen LogP contribution in [0.2, 0.25) is 0 Å². The Balaban J connectivity index is 2.03. The number of rotatable bonds is 5. The van der Waals surface area contributed by atoms with Crippen LogP contribution in [0.3, 0.4) is 0 Å². The Kier molecular flexibility index (Phi) is 4.12. The second kappa shape index (κ2) is 5.80. The third-order valence-corrected chi connectivity index (χ3v) is 3.01. The highest BCUT2D eigenvalue weighted by Crippen LogP contribution is 2.21. The first-order valence-electron chi connectivity index (χ1n) is 6.24. The molecule has 2 rings (SSSR count). The zero-order chi connectivity index (χ0) is 13.8. The van der Waals surface area contributed by atoms with E-state index in [1.165, 1.54) is 0 Å². The van der Waals surface area contributed by atoms with Crippen molar-refractivity contribution in [1.82, 2.24) is 4.90 Å². The number of nitrogens with zero attached hydrogens (tertiary/aromatic N) is 1. The summed E-state index contributed by atoms with van der Waals surface area (Å²) < 4.78 is 10.8. The van der Waals surface area contributed by atoms with Gasteiger partial charge in [-0.1, -0.05) is 0 Å². The molecule has 0 bridgehead atoms. The summed E-state index contributed by atoms with van der Waals surface area (Å²) in [6.45, 7) is 3.46. The van der Waals surface area contributed by atoms with E-state index in [9.17, 15) is 0 Å². The van der Waals surface area contributed by atoms with Gasteiger partial charge in [0, 0.05) is 12.2 Å². The van der Waals surface area contributed by atoms with Crippen molar-refractivity contribution in [2.45, 2.75) is 20.0 Å². The molecule has 2 aromatic rings. The Labute approximate surface area is 113 Å². The summed E-state index contributed by atoms with van der Waals surface area (Å²) in [4.78, 5) is 2.16. The molecule has 0 saturated heterocycles. The van der Waals surface area contributed by atoms with Crippen LogP contribution >= 0.6 is 0 Å². The van der Waals surface area contributed by atoms with E-state index in [0.717, 1.165) is 41.6 Å². The summed E-state index contributed by atoms with van der Waals surface area (Å²) in [6, 6.07) is 9.69. The molecule has 0 saturated carbocycles. The molecule has 0 unspecified atom stereocenters. The summed E-state index contributed by atoms with van der Waals surface area (Å²) in [5.41, 5.74) is 7.83. The quantitative estimate of drug-likeness (QED) is 0.840. The van der Waals surface area contributed by atoms with Crippen LogP contribution in [-0.2, 0) is 13.1 Å². The predicted octanol–water partition coefficient (Wildman–Crippen LogP) is 2.81. The van der Waals surface area contributed by atoms with E-state index in [2.05, 4.69) is 4.90 Å². The first-order valence-corrected chi connectivity index (χ1v) is 6.24. The maximum atomic E-state index is 5.98. The van der Waals surface area contributed by atoms with Crippen molar-refractivity contribution in [1.29, 1.82) is 0 Å². The summed E-state index contributed by atoms with van der Waals surface area (Å²) in [5.74, 6) is 2.72. The maximum absolute atomic E-state index is 5.98. The summed E-state index contributed by atoms with van der Waals surface area (Å²) >= 11 is 0. The smallest absolute Gasteiger partial charge is 0.119 e. The molecule has 4 nitrogen and oxygen atoms in total. The summed E-state index contributed by atoms with van der Waals surface area (Å²) in [6.07, 6.45) is 0. The van der Waals surface area contributed by atoms with Crippen molar-refractivity contribution in [3.8, 4) is 5.75 Å². The number of furan rings is 1. The molecule has 102 valence electrons. The fraction of sp³-hybridized carbons (Fsp3) is 0.333.